The summed E-state index contributed by atoms with van der Waals surface area (Å²) in [5.74, 6) is -0.822. The van der Waals surface area contributed by atoms with Gasteiger partial charge >= 0.3 is 5.97 Å². The quantitative estimate of drug-likeness (QED) is 0.722. The highest BCUT2D eigenvalue weighted by molar-refractivity contribution is 7.99. The van der Waals surface area contributed by atoms with E-state index in [2.05, 4.69) is 4.98 Å². The van der Waals surface area contributed by atoms with E-state index in [4.69, 9.17) is 5.11 Å². The molecule has 0 saturated carbocycles. The second kappa shape index (κ2) is 6.95. The zero-order valence-electron chi connectivity index (χ0n) is 11.0. The number of thioether (sulfide) groups is 1. The van der Waals surface area contributed by atoms with Crippen LogP contribution in [0.5, 0.6) is 0 Å². The lowest BCUT2D eigenvalue weighted by molar-refractivity contribution is -0.133. The number of aliphatic carboxylic acids is 1. The zero-order valence-corrected chi connectivity index (χ0v) is 12.6. The van der Waals surface area contributed by atoms with Crippen LogP contribution in [0.4, 0.5) is 0 Å². The average Bonchev–Trinajstić information content (AvgIpc) is 2.67. The first-order valence-corrected chi connectivity index (χ1v) is 8.95. The minimum atomic E-state index is -2.97. The molecule has 0 saturated heterocycles. The molecule has 0 aliphatic carbocycles. The van der Waals surface area contributed by atoms with E-state index in [9.17, 15) is 13.2 Å². The Morgan fingerprint density at radius 3 is 2.74 bits per heavy atom. The molecule has 1 N–H and O–H groups in total. The summed E-state index contributed by atoms with van der Waals surface area (Å²) in [6, 6.07) is 0. The summed E-state index contributed by atoms with van der Waals surface area (Å²) in [6.07, 6.45) is 4.20. The number of carboxylic acid groups (broad SMARTS) is 1. The molecule has 0 aliphatic heterocycles. The highest BCUT2D eigenvalue weighted by Gasteiger charge is 2.12. The summed E-state index contributed by atoms with van der Waals surface area (Å²) in [5, 5.41) is 9.31. The summed E-state index contributed by atoms with van der Waals surface area (Å²) >= 11 is 1.15. The fourth-order valence-electron chi connectivity index (χ4n) is 1.64. The number of nitrogens with zero attached hydrogens (tertiary/aromatic N) is 2. The molecule has 1 heterocycles. The second-order valence-electron chi connectivity index (χ2n) is 4.20. The third-order valence-electron chi connectivity index (χ3n) is 2.49. The van der Waals surface area contributed by atoms with Crippen LogP contribution in [-0.2, 0) is 27.6 Å². The number of carbonyl (C=O) groups is 1. The Labute approximate surface area is 117 Å². The van der Waals surface area contributed by atoms with Crippen molar-refractivity contribution in [2.75, 3.05) is 17.8 Å². The van der Waals surface area contributed by atoms with Gasteiger partial charge in [-0.2, -0.15) is 0 Å². The van der Waals surface area contributed by atoms with Crippen LogP contribution >= 0.6 is 11.8 Å². The summed E-state index contributed by atoms with van der Waals surface area (Å²) in [5.41, 5.74) is 0.987. The minimum Gasteiger partial charge on any atom is -0.481 e. The summed E-state index contributed by atoms with van der Waals surface area (Å²) in [6.45, 7) is 2.52. The Morgan fingerprint density at radius 2 is 2.21 bits per heavy atom. The lowest BCUT2D eigenvalue weighted by atomic mass is 10.3. The molecule has 6 nitrogen and oxygen atoms in total. The Morgan fingerprint density at radius 1 is 1.53 bits per heavy atom. The average molecular weight is 306 g/mol. The Hall–Kier alpha value is -1.02. The van der Waals surface area contributed by atoms with Gasteiger partial charge in [-0.05, 0) is 12.8 Å². The summed E-state index contributed by atoms with van der Waals surface area (Å²) in [7, 11) is -2.97. The van der Waals surface area contributed by atoms with Crippen molar-refractivity contribution in [2.24, 2.45) is 0 Å². The molecular weight excluding hydrogens is 288 g/mol. The Bertz CT molecular complexity index is 537. The first-order chi connectivity index (χ1) is 8.83. The molecule has 0 aromatic carbocycles. The molecule has 0 aliphatic rings. The number of imidazole rings is 1. The summed E-state index contributed by atoms with van der Waals surface area (Å²) in [4.78, 5) is 14.8. The van der Waals surface area contributed by atoms with E-state index in [1.165, 1.54) is 6.26 Å². The number of rotatable bonds is 8. The monoisotopic (exact) mass is 306 g/mol. The van der Waals surface area contributed by atoms with Crippen molar-refractivity contribution in [3.8, 4) is 0 Å². The molecule has 1 aromatic rings. The van der Waals surface area contributed by atoms with Gasteiger partial charge in [0.15, 0.2) is 5.16 Å². The lowest BCUT2D eigenvalue weighted by Gasteiger charge is -2.09. The maximum absolute atomic E-state index is 11.1. The molecule has 1 aromatic heterocycles. The number of aromatic nitrogens is 2. The van der Waals surface area contributed by atoms with E-state index in [0.717, 1.165) is 23.9 Å². The third-order valence-corrected chi connectivity index (χ3v) is 4.49. The summed E-state index contributed by atoms with van der Waals surface area (Å²) < 4.78 is 24.1. The molecule has 1 rings (SSSR count). The molecule has 8 heteroatoms. The maximum atomic E-state index is 11.1. The number of sulfone groups is 1. The smallest absolute Gasteiger partial charge is 0.313 e. The fourth-order valence-corrected chi connectivity index (χ4v) is 3.04. The highest BCUT2D eigenvalue weighted by Crippen LogP contribution is 2.19. The van der Waals surface area contributed by atoms with E-state index in [0.29, 0.717) is 18.1 Å². The van der Waals surface area contributed by atoms with Gasteiger partial charge in [-0.25, -0.2) is 13.4 Å². The van der Waals surface area contributed by atoms with Crippen molar-refractivity contribution >= 4 is 27.6 Å². The number of carboxylic acids is 1. The molecule has 0 spiro atoms. The Balaban J connectivity index is 2.72. The van der Waals surface area contributed by atoms with E-state index < -0.39 is 15.8 Å². The van der Waals surface area contributed by atoms with Crippen molar-refractivity contribution in [3.05, 3.63) is 11.9 Å². The van der Waals surface area contributed by atoms with Crippen LogP contribution in [0.25, 0.3) is 0 Å². The van der Waals surface area contributed by atoms with E-state index in [1.807, 2.05) is 11.5 Å². The minimum absolute atomic E-state index is 0.0494. The zero-order chi connectivity index (χ0) is 14.5. The van der Waals surface area contributed by atoms with Crippen molar-refractivity contribution in [1.82, 2.24) is 9.55 Å². The number of aryl methyl sites for hydroxylation is 1. The van der Waals surface area contributed by atoms with Gasteiger partial charge in [0.25, 0.3) is 0 Å². The van der Waals surface area contributed by atoms with Crippen LogP contribution in [0.3, 0.4) is 0 Å². The lowest BCUT2D eigenvalue weighted by Crippen LogP contribution is -2.10. The molecule has 0 amide bonds. The van der Waals surface area contributed by atoms with Gasteiger partial charge in [-0.3, -0.25) is 4.79 Å². The molecule has 19 heavy (non-hydrogen) atoms. The van der Waals surface area contributed by atoms with Gasteiger partial charge in [0.05, 0.1) is 11.5 Å². The van der Waals surface area contributed by atoms with Crippen LogP contribution < -0.4 is 0 Å². The standard InChI is InChI=1S/C11H18N2O4S2/c1-3-9-7-12-11(18-8-10(14)15)13(9)5-4-6-19(2,16)17/h7H,3-6,8H2,1-2H3,(H,14,15). The molecular formula is C11H18N2O4S2. The fraction of sp³-hybridized carbons (Fsp3) is 0.636. The van der Waals surface area contributed by atoms with Gasteiger partial charge in [0.2, 0.25) is 0 Å². The second-order valence-corrected chi connectivity index (χ2v) is 7.41. The number of hydrogen-bond acceptors (Lipinski definition) is 5. The van der Waals surface area contributed by atoms with Crippen LogP contribution in [0, 0.1) is 0 Å². The molecule has 0 fully saturated rings. The molecule has 0 unspecified atom stereocenters. The van der Waals surface area contributed by atoms with Crippen molar-refractivity contribution < 1.29 is 18.3 Å². The molecule has 0 atom stereocenters. The SMILES string of the molecule is CCc1cnc(SCC(=O)O)n1CCCS(C)(=O)=O. The van der Waals surface area contributed by atoms with Crippen molar-refractivity contribution in [1.29, 1.82) is 0 Å². The van der Waals surface area contributed by atoms with E-state index >= 15 is 0 Å². The van der Waals surface area contributed by atoms with E-state index in [1.54, 1.807) is 6.20 Å². The van der Waals surface area contributed by atoms with Gasteiger partial charge in [0.1, 0.15) is 9.84 Å². The van der Waals surface area contributed by atoms with Crippen LogP contribution in [0.1, 0.15) is 19.0 Å². The highest BCUT2D eigenvalue weighted by atomic mass is 32.2. The predicted octanol–water partition coefficient (Wildman–Crippen LogP) is 1.06. The molecule has 0 bridgehead atoms. The first-order valence-electron chi connectivity index (χ1n) is 5.90. The molecule has 0 radical (unpaired) electrons. The van der Waals surface area contributed by atoms with Crippen LogP contribution in [0.2, 0.25) is 0 Å². The van der Waals surface area contributed by atoms with Gasteiger partial charge < -0.3 is 9.67 Å². The maximum Gasteiger partial charge on any atom is 0.313 e. The van der Waals surface area contributed by atoms with Crippen molar-refractivity contribution in [3.63, 3.8) is 0 Å². The predicted molar refractivity (Wildman–Crippen MR) is 74.3 cm³/mol. The molecule has 108 valence electrons. The normalized spacial score (nSPS) is 11.7. The van der Waals surface area contributed by atoms with Crippen LogP contribution in [0.15, 0.2) is 11.4 Å². The van der Waals surface area contributed by atoms with Gasteiger partial charge in [0, 0.05) is 24.7 Å². The van der Waals surface area contributed by atoms with Gasteiger partial charge in [-0.1, -0.05) is 18.7 Å². The Kier molecular flexibility index (Phi) is 5.86. The first kappa shape index (κ1) is 16.0. The van der Waals surface area contributed by atoms with E-state index in [-0.39, 0.29) is 11.5 Å². The van der Waals surface area contributed by atoms with Crippen LogP contribution in [-0.4, -0.2) is 46.8 Å². The number of hydrogen-bond donors (Lipinski definition) is 1. The van der Waals surface area contributed by atoms with Crippen molar-refractivity contribution in [2.45, 2.75) is 31.5 Å². The van der Waals surface area contributed by atoms with Gasteiger partial charge in [-0.15, -0.1) is 0 Å². The third kappa shape index (κ3) is 5.65. The largest absolute Gasteiger partial charge is 0.481 e. The topological polar surface area (TPSA) is 89.3 Å².